The van der Waals surface area contributed by atoms with Gasteiger partial charge in [-0.3, -0.25) is 19.4 Å². The summed E-state index contributed by atoms with van der Waals surface area (Å²) < 4.78 is 22.3. The Labute approximate surface area is 264 Å². The minimum atomic E-state index is -2.24. The van der Waals surface area contributed by atoms with Crippen molar-refractivity contribution in [2.45, 2.75) is 76.5 Å². The van der Waals surface area contributed by atoms with E-state index in [0.29, 0.717) is 18.0 Å². The van der Waals surface area contributed by atoms with Crippen LogP contribution in [0.3, 0.4) is 0 Å². The summed E-state index contributed by atoms with van der Waals surface area (Å²) in [7, 11) is 4.78. The molecular weight excluding hydrogens is 577 g/mol. The lowest BCUT2D eigenvalue weighted by molar-refractivity contribution is -0.115. The number of hydrogen-bond acceptors (Lipinski definition) is 8. The lowest BCUT2D eigenvalue weighted by atomic mass is 9.57. The van der Waals surface area contributed by atoms with E-state index < -0.39 is 46.7 Å². The third-order valence-electron chi connectivity index (χ3n) is 11.5. The van der Waals surface area contributed by atoms with Gasteiger partial charge in [0.25, 0.3) is 5.91 Å². The molecule has 0 heterocycles. The van der Waals surface area contributed by atoms with E-state index in [0.717, 1.165) is 19.5 Å². The molecule has 244 valence electrons. The normalized spacial score (nSPS) is 29.0. The van der Waals surface area contributed by atoms with Crippen LogP contribution in [0.2, 0.25) is 0 Å². The van der Waals surface area contributed by atoms with Crippen LogP contribution >= 0.6 is 0 Å². The summed E-state index contributed by atoms with van der Waals surface area (Å²) in [5.41, 5.74) is 3.68. The fourth-order valence-electron chi connectivity index (χ4n) is 8.64. The molecule has 10 heteroatoms. The van der Waals surface area contributed by atoms with Gasteiger partial charge in [0.05, 0.1) is 24.3 Å². The Hall–Kier alpha value is -3.21. The maximum absolute atomic E-state index is 16.6. The molecule has 0 saturated heterocycles. The molecule has 0 spiro atoms. The number of rotatable bonds is 10. The Morgan fingerprint density at radius 2 is 1.93 bits per heavy atom. The Morgan fingerprint density at radius 3 is 2.47 bits per heavy atom. The number of allylic oxidation sites excluding steroid dienone is 1. The number of aliphatic hydroxyl groups is 3. The Bertz CT molecular complexity index is 1520. The van der Waals surface area contributed by atoms with E-state index in [1.165, 1.54) is 39.2 Å². The van der Waals surface area contributed by atoms with Crippen molar-refractivity contribution in [2.75, 3.05) is 34.3 Å². The van der Waals surface area contributed by atoms with E-state index in [1.54, 1.807) is 25.1 Å². The molecule has 4 atom stereocenters. The quantitative estimate of drug-likeness (QED) is 0.302. The van der Waals surface area contributed by atoms with Gasteiger partial charge in [-0.25, -0.2) is 4.39 Å². The largest absolute Gasteiger partial charge is 0.510 e. The Balaban J connectivity index is 1.41. The second-order valence-corrected chi connectivity index (χ2v) is 14.3. The SMILES string of the molecule is C=C1C(C(N)=O)=C(O)[C@@H](N(C)C)C2C[C@@H]3Cc4c(F)c(CN(CC5CC5)CC5(CC)CCC5)cc(OC)c4C(=O)C3=C(O)[C@]12O. The van der Waals surface area contributed by atoms with Crippen LogP contribution in [0.4, 0.5) is 4.39 Å². The minimum absolute atomic E-state index is 0.0375. The van der Waals surface area contributed by atoms with Crippen molar-refractivity contribution in [2.24, 2.45) is 28.9 Å². The number of Topliss-reactive ketones (excluding diaryl/α,β-unsaturated/α-hetero) is 1. The molecule has 0 aliphatic heterocycles. The third-order valence-corrected chi connectivity index (χ3v) is 11.5. The van der Waals surface area contributed by atoms with Gasteiger partial charge in [-0.15, -0.1) is 0 Å². The van der Waals surface area contributed by atoms with Crippen LogP contribution in [0.5, 0.6) is 5.75 Å². The Kier molecular flexibility index (Phi) is 7.93. The zero-order chi connectivity index (χ0) is 32.6. The summed E-state index contributed by atoms with van der Waals surface area (Å²) in [6.07, 6.45) is 7.32. The second-order valence-electron chi connectivity index (χ2n) is 14.3. The van der Waals surface area contributed by atoms with Crippen LogP contribution in [-0.2, 0) is 17.8 Å². The van der Waals surface area contributed by atoms with Crippen molar-refractivity contribution < 1.29 is 34.0 Å². The number of nitrogens with two attached hydrogens (primary N) is 1. The van der Waals surface area contributed by atoms with Crippen molar-refractivity contribution in [1.82, 2.24) is 9.80 Å². The van der Waals surface area contributed by atoms with Crippen molar-refractivity contribution in [3.05, 3.63) is 63.4 Å². The maximum Gasteiger partial charge on any atom is 0.252 e. The summed E-state index contributed by atoms with van der Waals surface area (Å²) in [6, 6.07) is 0.694. The Morgan fingerprint density at radius 1 is 1.24 bits per heavy atom. The minimum Gasteiger partial charge on any atom is -0.510 e. The number of carbonyl (C=O) groups is 2. The zero-order valence-corrected chi connectivity index (χ0v) is 26.8. The fourth-order valence-corrected chi connectivity index (χ4v) is 8.64. The summed E-state index contributed by atoms with van der Waals surface area (Å²) in [6.45, 7) is 8.34. The number of carbonyl (C=O) groups excluding carboxylic acids is 2. The first kappa shape index (κ1) is 31.8. The highest BCUT2D eigenvalue weighted by atomic mass is 19.1. The first-order chi connectivity index (χ1) is 21.3. The number of halogens is 1. The van der Waals surface area contributed by atoms with Gasteiger partial charge in [-0.05, 0) is 82.4 Å². The smallest absolute Gasteiger partial charge is 0.252 e. The zero-order valence-electron chi connectivity index (χ0n) is 26.8. The highest BCUT2D eigenvalue weighted by molar-refractivity contribution is 6.14. The number of benzene rings is 1. The van der Waals surface area contributed by atoms with Gasteiger partial charge >= 0.3 is 0 Å². The number of likely N-dealkylation sites (N-methyl/N-ethyl adjacent to an activating group) is 1. The lowest BCUT2D eigenvalue weighted by Gasteiger charge is -2.52. The molecule has 45 heavy (non-hydrogen) atoms. The van der Waals surface area contributed by atoms with Crippen molar-refractivity contribution in [3.8, 4) is 5.75 Å². The third kappa shape index (κ3) is 4.91. The van der Waals surface area contributed by atoms with Gasteiger partial charge in [-0.1, -0.05) is 19.9 Å². The maximum atomic E-state index is 16.6. The fraction of sp³-hybridized carbons (Fsp3) is 0.600. The van der Waals surface area contributed by atoms with E-state index >= 15 is 4.39 Å². The van der Waals surface area contributed by atoms with E-state index in [9.17, 15) is 24.9 Å². The molecule has 9 nitrogen and oxygen atoms in total. The predicted molar refractivity (Wildman–Crippen MR) is 167 cm³/mol. The van der Waals surface area contributed by atoms with Gasteiger partial charge in [0.15, 0.2) is 11.4 Å². The molecule has 1 amide bonds. The predicted octanol–water partition coefficient (Wildman–Crippen LogP) is 4.34. The van der Waals surface area contributed by atoms with E-state index in [4.69, 9.17) is 10.5 Å². The second kappa shape index (κ2) is 11.2. The molecule has 0 bridgehead atoms. The number of hydrogen-bond donors (Lipinski definition) is 4. The number of ether oxygens (including phenoxy) is 1. The molecule has 1 aromatic rings. The number of primary amides is 1. The van der Waals surface area contributed by atoms with Crippen molar-refractivity contribution in [3.63, 3.8) is 0 Å². The number of aliphatic hydroxyl groups excluding tert-OH is 2. The summed E-state index contributed by atoms with van der Waals surface area (Å²) in [5.74, 6) is -3.75. The molecule has 5 N–H and O–H groups in total. The van der Waals surface area contributed by atoms with Gasteiger partial charge in [0.1, 0.15) is 23.1 Å². The van der Waals surface area contributed by atoms with Gasteiger partial charge < -0.3 is 25.8 Å². The van der Waals surface area contributed by atoms with Gasteiger partial charge in [-0.2, -0.15) is 0 Å². The van der Waals surface area contributed by atoms with E-state index in [1.807, 2.05) is 0 Å². The van der Waals surface area contributed by atoms with E-state index in [-0.39, 0.29) is 57.6 Å². The summed E-state index contributed by atoms with van der Waals surface area (Å²) in [5, 5.41) is 34.9. The van der Waals surface area contributed by atoms with Gasteiger partial charge in [0, 0.05) is 47.8 Å². The molecule has 0 radical (unpaired) electrons. The molecule has 1 aromatic carbocycles. The first-order valence-corrected chi connectivity index (χ1v) is 16.2. The summed E-state index contributed by atoms with van der Waals surface area (Å²) >= 11 is 0. The van der Waals surface area contributed by atoms with Crippen LogP contribution in [0.25, 0.3) is 0 Å². The molecule has 1 unspecified atom stereocenters. The van der Waals surface area contributed by atoms with Crippen molar-refractivity contribution in [1.29, 1.82) is 0 Å². The molecule has 5 aliphatic rings. The van der Waals surface area contributed by atoms with E-state index in [2.05, 4.69) is 18.4 Å². The molecule has 2 fully saturated rings. The standard InChI is InChI=1S/C35H46FN3O6/c1-6-34(10-7-11-34)17-39(15-19-8-9-19)16-21-14-24(45-5)27-22(28(21)36)12-20-13-23-29(38(3)4)31(41)25(33(37)43)18(2)35(23,44)32(42)26(20)30(27)40/h14,19-20,23,29,41-42,44H,2,6-13,15-17H2,1,3-5H3,(H2,37,43)/t20-,23?,29-,35-/m0/s1. The van der Waals surface area contributed by atoms with Crippen LogP contribution in [0.15, 0.2) is 40.9 Å². The summed E-state index contributed by atoms with van der Waals surface area (Å²) in [4.78, 5) is 30.6. The topological polar surface area (TPSA) is 137 Å². The van der Waals surface area contributed by atoms with Crippen molar-refractivity contribution >= 4 is 11.7 Å². The lowest BCUT2D eigenvalue weighted by Crippen LogP contribution is -2.60. The number of fused-ring (bicyclic) bond motifs is 3. The average Bonchev–Trinajstić information content (AvgIpc) is 3.78. The van der Waals surface area contributed by atoms with Gasteiger partial charge in [0.2, 0.25) is 0 Å². The number of methoxy groups -OCH3 is 1. The first-order valence-electron chi connectivity index (χ1n) is 16.2. The molecular formula is C35H46FN3O6. The van der Waals surface area contributed by atoms with Crippen LogP contribution in [0.1, 0.15) is 73.4 Å². The highest BCUT2D eigenvalue weighted by Gasteiger charge is 2.60. The molecule has 0 aromatic heterocycles. The number of amides is 1. The highest BCUT2D eigenvalue weighted by Crippen LogP contribution is 2.55. The van der Waals surface area contributed by atoms with Crippen LogP contribution < -0.4 is 10.5 Å². The number of ketones is 1. The average molecular weight is 624 g/mol. The van der Waals surface area contributed by atoms with Crippen LogP contribution in [-0.4, -0.2) is 82.7 Å². The monoisotopic (exact) mass is 623 g/mol. The molecule has 2 saturated carbocycles. The molecule has 5 aliphatic carbocycles. The molecule has 6 rings (SSSR count). The van der Waals surface area contributed by atoms with Crippen LogP contribution in [0, 0.1) is 29.0 Å². The number of nitrogens with zero attached hydrogens (tertiary/aromatic N) is 2.